The zero-order valence-corrected chi connectivity index (χ0v) is 15.0. The Labute approximate surface area is 153 Å². The van der Waals surface area contributed by atoms with E-state index in [0.29, 0.717) is 0 Å². The third kappa shape index (κ3) is 2.64. The zero-order chi connectivity index (χ0) is 16.6. The van der Waals surface area contributed by atoms with E-state index >= 15 is 0 Å². The van der Waals surface area contributed by atoms with E-state index in [4.69, 9.17) is 4.42 Å². The quantitative estimate of drug-likeness (QED) is 0.341. The number of furan rings is 1. The van der Waals surface area contributed by atoms with Gasteiger partial charge in [0.15, 0.2) is 0 Å². The smallest absolute Gasteiger partial charge is 0.135 e. The summed E-state index contributed by atoms with van der Waals surface area (Å²) in [4.78, 5) is 2.36. The highest BCUT2D eigenvalue weighted by Crippen LogP contribution is 2.33. The minimum Gasteiger partial charge on any atom is -0.456 e. The second kappa shape index (κ2) is 6.06. The molecule has 0 aliphatic heterocycles. The number of benzene rings is 2. The predicted molar refractivity (Wildman–Crippen MR) is 108 cm³/mol. The molecule has 5 aromatic rings. The average Bonchev–Trinajstić information content (AvgIpc) is 3.39. The number of para-hydroxylation sites is 1. The lowest BCUT2D eigenvalue weighted by Gasteiger charge is -2.22. The monoisotopic (exact) mass is 361 g/mol. The summed E-state index contributed by atoms with van der Waals surface area (Å²) in [6.07, 6.45) is 0. The van der Waals surface area contributed by atoms with Crippen molar-refractivity contribution < 1.29 is 4.42 Å². The molecule has 0 spiro atoms. The van der Waals surface area contributed by atoms with E-state index in [9.17, 15) is 0 Å². The van der Waals surface area contributed by atoms with E-state index in [1.165, 1.54) is 27.7 Å². The molecule has 3 aromatic heterocycles. The van der Waals surface area contributed by atoms with Crippen LogP contribution in [0.25, 0.3) is 21.9 Å². The second-order valence-corrected chi connectivity index (χ2v) is 7.54. The summed E-state index contributed by atoms with van der Waals surface area (Å²) in [7, 11) is 0. The van der Waals surface area contributed by atoms with Crippen LogP contribution in [0.2, 0.25) is 0 Å². The van der Waals surface area contributed by atoms with Gasteiger partial charge < -0.3 is 9.32 Å². The molecule has 5 rings (SSSR count). The molecular formula is C21H15NOS2. The van der Waals surface area contributed by atoms with Gasteiger partial charge in [-0.25, -0.2) is 0 Å². The number of fused-ring (bicyclic) bond motifs is 3. The highest BCUT2D eigenvalue weighted by Gasteiger charge is 2.13. The van der Waals surface area contributed by atoms with Crippen LogP contribution >= 0.6 is 22.7 Å². The van der Waals surface area contributed by atoms with E-state index in [-0.39, 0.29) is 0 Å². The van der Waals surface area contributed by atoms with E-state index in [2.05, 4.69) is 68.9 Å². The molecule has 0 bridgehead atoms. The molecule has 0 fully saturated rings. The van der Waals surface area contributed by atoms with Crippen molar-refractivity contribution in [3.05, 3.63) is 81.7 Å². The lowest BCUT2D eigenvalue weighted by molar-refractivity contribution is 0.668. The Bertz CT molecular complexity index is 1090. The van der Waals surface area contributed by atoms with Crippen molar-refractivity contribution in [2.24, 2.45) is 0 Å². The van der Waals surface area contributed by atoms with E-state index in [0.717, 1.165) is 17.7 Å². The molecule has 0 radical (unpaired) electrons. The molecular weight excluding hydrogens is 346 g/mol. The van der Waals surface area contributed by atoms with E-state index in [1.807, 2.05) is 12.1 Å². The van der Waals surface area contributed by atoms with Crippen molar-refractivity contribution in [3.63, 3.8) is 0 Å². The Hall–Kier alpha value is -2.56. The van der Waals surface area contributed by atoms with E-state index < -0.39 is 0 Å². The second-order valence-electron chi connectivity index (χ2n) is 5.98. The first-order chi connectivity index (χ1) is 12.4. The Morgan fingerprint density at radius 2 is 1.48 bits per heavy atom. The van der Waals surface area contributed by atoms with Crippen molar-refractivity contribution in [1.29, 1.82) is 0 Å². The highest BCUT2D eigenvalue weighted by atomic mass is 32.1. The largest absolute Gasteiger partial charge is 0.456 e. The number of hydrogen-bond acceptors (Lipinski definition) is 4. The van der Waals surface area contributed by atoms with Crippen LogP contribution in [0.1, 0.15) is 5.56 Å². The van der Waals surface area contributed by atoms with Gasteiger partial charge in [0.05, 0.1) is 11.4 Å². The number of thiophene rings is 2. The van der Waals surface area contributed by atoms with Crippen molar-refractivity contribution in [2.45, 2.75) is 6.54 Å². The topological polar surface area (TPSA) is 16.4 Å². The molecule has 0 aliphatic rings. The first kappa shape index (κ1) is 14.8. The van der Waals surface area contributed by atoms with Gasteiger partial charge in [-0.2, -0.15) is 22.7 Å². The van der Waals surface area contributed by atoms with Crippen LogP contribution in [-0.4, -0.2) is 0 Å². The molecule has 3 heterocycles. The summed E-state index contributed by atoms with van der Waals surface area (Å²) in [5, 5.41) is 11.0. The number of nitrogens with zero attached hydrogens (tertiary/aromatic N) is 1. The molecule has 0 saturated carbocycles. The molecule has 2 nitrogen and oxygen atoms in total. The summed E-state index contributed by atoms with van der Waals surface area (Å²) in [6, 6.07) is 19.1. The highest BCUT2D eigenvalue weighted by molar-refractivity contribution is 7.08. The lowest BCUT2D eigenvalue weighted by atomic mass is 10.1. The van der Waals surface area contributed by atoms with Gasteiger partial charge in [0, 0.05) is 28.1 Å². The van der Waals surface area contributed by atoms with Gasteiger partial charge in [-0.3, -0.25) is 0 Å². The van der Waals surface area contributed by atoms with Crippen LogP contribution in [0.5, 0.6) is 0 Å². The molecule has 2 aromatic carbocycles. The predicted octanol–water partition coefficient (Wildman–Crippen LogP) is 7.05. The zero-order valence-electron chi connectivity index (χ0n) is 13.4. The lowest BCUT2D eigenvalue weighted by Crippen LogP contribution is -2.14. The van der Waals surface area contributed by atoms with Gasteiger partial charge in [-0.15, -0.1) is 0 Å². The molecule has 25 heavy (non-hydrogen) atoms. The van der Waals surface area contributed by atoms with Gasteiger partial charge in [0.2, 0.25) is 0 Å². The van der Waals surface area contributed by atoms with Crippen molar-refractivity contribution >= 4 is 56.0 Å². The molecule has 0 atom stereocenters. The summed E-state index contributed by atoms with van der Waals surface area (Å²) in [5.41, 5.74) is 5.64. The van der Waals surface area contributed by atoms with Crippen molar-refractivity contribution in [3.8, 4) is 0 Å². The minimum absolute atomic E-state index is 0.836. The molecule has 0 saturated heterocycles. The van der Waals surface area contributed by atoms with Crippen LogP contribution < -0.4 is 4.90 Å². The van der Waals surface area contributed by atoms with Gasteiger partial charge in [0.25, 0.3) is 0 Å². The first-order valence-corrected chi connectivity index (χ1v) is 9.99. The SMILES string of the molecule is c1ccc2c(c1)oc1ccc(CN(c3ccsc3)c3ccsc3)cc12. The molecule has 0 amide bonds. The van der Waals surface area contributed by atoms with Gasteiger partial charge in [0.1, 0.15) is 11.2 Å². The number of rotatable bonds is 4. The fourth-order valence-electron chi connectivity index (χ4n) is 3.21. The van der Waals surface area contributed by atoms with Crippen LogP contribution in [-0.2, 0) is 6.54 Å². The number of anilines is 2. The van der Waals surface area contributed by atoms with E-state index in [1.54, 1.807) is 22.7 Å². The molecule has 122 valence electrons. The standard InChI is InChI=1S/C21H15NOS2/c1-2-4-20-18(3-1)19-11-15(5-6-21(19)23-20)12-22(16-7-9-24-13-16)17-8-10-25-14-17/h1-11,13-14H,12H2. The number of hydrogen-bond donors (Lipinski definition) is 0. The Balaban J connectivity index is 1.59. The first-order valence-electron chi connectivity index (χ1n) is 8.10. The average molecular weight is 361 g/mol. The Morgan fingerprint density at radius 1 is 0.760 bits per heavy atom. The maximum absolute atomic E-state index is 5.95. The Kier molecular flexibility index (Phi) is 3.58. The van der Waals surface area contributed by atoms with Gasteiger partial charge in [-0.05, 0) is 46.7 Å². The molecule has 0 unspecified atom stereocenters. The Morgan fingerprint density at radius 3 is 2.20 bits per heavy atom. The summed E-state index contributed by atoms with van der Waals surface area (Å²) in [5.74, 6) is 0. The summed E-state index contributed by atoms with van der Waals surface area (Å²) in [6.45, 7) is 0.836. The summed E-state index contributed by atoms with van der Waals surface area (Å²) >= 11 is 3.46. The normalized spacial score (nSPS) is 11.4. The van der Waals surface area contributed by atoms with Crippen molar-refractivity contribution in [1.82, 2.24) is 0 Å². The summed E-state index contributed by atoms with van der Waals surface area (Å²) < 4.78 is 5.95. The third-order valence-corrected chi connectivity index (χ3v) is 5.76. The van der Waals surface area contributed by atoms with Gasteiger partial charge >= 0.3 is 0 Å². The molecule has 0 aliphatic carbocycles. The van der Waals surface area contributed by atoms with Crippen LogP contribution in [0.4, 0.5) is 11.4 Å². The van der Waals surface area contributed by atoms with Crippen molar-refractivity contribution in [2.75, 3.05) is 4.90 Å². The van der Waals surface area contributed by atoms with Crippen LogP contribution in [0.3, 0.4) is 0 Å². The van der Waals surface area contributed by atoms with Gasteiger partial charge in [-0.1, -0.05) is 24.3 Å². The molecule has 4 heteroatoms. The van der Waals surface area contributed by atoms with Crippen LogP contribution in [0, 0.1) is 0 Å². The maximum atomic E-state index is 5.95. The molecule has 0 N–H and O–H groups in total. The fraction of sp³-hybridized carbons (Fsp3) is 0.0476. The maximum Gasteiger partial charge on any atom is 0.135 e. The third-order valence-electron chi connectivity index (χ3n) is 4.42. The minimum atomic E-state index is 0.836. The van der Waals surface area contributed by atoms with Crippen LogP contribution in [0.15, 0.2) is 80.5 Å². The fourth-order valence-corrected chi connectivity index (χ4v) is 4.49.